The number of para-hydroxylation sites is 1. The lowest BCUT2D eigenvalue weighted by Gasteiger charge is -1.92. The number of hydrogen-bond acceptors (Lipinski definition) is 6. The number of fused-ring (bicyclic) bond motifs is 1. The largest absolute Gasteiger partial charge is 0.338 e. The quantitative estimate of drug-likeness (QED) is 0.499. The highest BCUT2D eigenvalue weighted by Crippen LogP contribution is 2.31. The van der Waals surface area contributed by atoms with Gasteiger partial charge in [0.05, 0.1) is 16.0 Å². The zero-order valence-electron chi connectivity index (χ0n) is 11.8. The van der Waals surface area contributed by atoms with E-state index < -0.39 is 0 Å². The number of benzene rings is 2. The second-order valence-corrected chi connectivity index (χ2v) is 7.01. The van der Waals surface area contributed by atoms with Crippen LogP contribution in [0, 0.1) is 5.82 Å². The molecule has 0 saturated heterocycles. The van der Waals surface area contributed by atoms with E-state index in [0.29, 0.717) is 17.5 Å². The summed E-state index contributed by atoms with van der Waals surface area (Å²) in [6, 6.07) is 14.0. The van der Waals surface area contributed by atoms with Gasteiger partial charge in [-0.25, -0.2) is 9.37 Å². The second kappa shape index (κ2) is 6.10. The van der Waals surface area contributed by atoms with E-state index in [2.05, 4.69) is 21.2 Å². The van der Waals surface area contributed by atoms with Crippen molar-refractivity contribution in [2.45, 2.75) is 10.1 Å². The van der Waals surface area contributed by atoms with Crippen molar-refractivity contribution in [3.8, 4) is 11.4 Å². The van der Waals surface area contributed by atoms with E-state index in [9.17, 15) is 4.39 Å². The Bertz CT molecular complexity index is 916. The Hall–Kier alpha value is -2.25. The number of thioether (sulfide) groups is 1. The third-order valence-corrected chi connectivity index (χ3v) is 5.33. The van der Waals surface area contributed by atoms with Gasteiger partial charge < -0.3 is 4.52 Å². The molecule has 0 N–H and O–H groups in total. The first-order chi connectivity index (χ1) is 11.3. The molecule has 2 aromatic heterocycles. The summed E-state index contributed by atoms with van der Waals surface area (Å²) in [5.74, 6) is 1.25. The molecule has 0 radical (unpaired) electrons. The molecular formula is C16H10FN3OS2. The predicted octanol–water partition coefficient (Wildman–Crippen LogP) is 4.78. The molecule has 23 heavy (non-hydrogen) atoms. The first-order valence-electron chi connectivity index (χ1n) is 6.85. The standard InChI is InChI=1S/C16H10FN3OS2/c17-11-7-5-10(6-8-11)15-19-14(21-20-15)9-22-16-18-12-3-1-2-4-13(12)23-16/h1-8H,9H2. The predicted molar refractivity (Wildman–Crippen MR) is 88.9 cm³/mol. The highest BCUT2D eigenvalue weighted by Gasteiger charge is 2.11. The molecule has 0 fully saturated rings. The Morgan fingerprint density at radius 2 is 1.87 bits per heavy atom. The molecule has 114 valence electrons. The van der Waals surface area contributed by atoms with Crippen LogP contribution in [0.3, 0.4) is 0 Å². The molecule has 4 nitrogen and oxygen atoms in total. The van der Waals surface area contributed by atoms with Gasteiger partial charge in [-0.15, -0.1) is 11.3 Å². The first kappa shape index (κ1) is 14.3. The van der Waals surface area contributed by atoms with E-state index in [1.807, 2.05) is 18.2 Å². The van der Waals surface area contributed by atoms with Crippen LogP contribution in [-0.2, 0) is 5.75 Å². The van der Waals surface area contributed by atoms with Crippen molar-refractivity contribution in [3.05, 3.63) is 60.2 Å². The van der Waals surface area contributed by atoms with Gasteiger partial charge in [0.15, 0.2) is 4.34 Å². The third kappa shape index (κ3) is 3.11. The minimum absolute atomic E-state index is 0.288. The van der Waals surface area contributed by atoms with E-state index in [-0.39, 0.29) is 5.82 Å². The molecule has 0 unspecified atom stereocenters. The molecule has 0 spiro atoms. The monoisotopic (exact) mass is 343 g/mol. The molecule has 0 atom stereocenters. The fourth-order valence-electron chi connectivity index (χ4n) is 2.07. The summed E-state index contributed by atoms with van der Waals surface area (Å²) in [4.78, 5) is 8.89. The summed E-state index contributed by atoms with van der Waals surface area (Å²) in [7, 11) is 0. The molecule has 2 aromatic carbocycles. The normalized spacial score (nSPS) is 11.2. The number of halogens is 1. The van der Waals surface area contributed by atoms with Crippen LogP contribution >= 0.6 is 23.1 Å². The Balaban J connectivity index is 1.48. The fourth-order valence-corrected chi connectivity index (χ4v) is 3.97. The summed E-state index contributed by atoms with van der Waals surface area (Å²) in [6.45, 7) is 0. The molecule has 4 aromatic rings. The lowest BCUT2D eigenvalue weighted by Crippen LogP contribution is -1.83. The lowest BCUT2D eigenvalue weighted by molar-refractivity contribution is 0.391. The van der Waals surface area contributed by atoms with E-state index >= 15 is 0 Å². The molecule has 2 heterocycles. The van der Waals surface area contributed by atoms with Gasteiger partial charge in [-0.1, -0.05) is 29.1 Å². The van der Waals surface area contributed by atoms with Crippen molar-refractivity contribution < 1.29 is 8.91 Å². The Labute approximate surface area is 139 Å². The van der Waals surface area contributed by atoms with Crippen LogP contribution < -0.4 is 0 Å². The minimum Gasteiger partial charge on any atom is -0.338 e. The third-order valence-electron chi connectivity index (χ3n) is 3.16. The number of thiazole rings is 1. The zero-order chi connectivity index (χ0) is 15.6. The van der Waals surface area contributed by atoms with Gasteiger partial charge in [-0.2, -0.15) is 4.98 Å². The van der Waals surface area contributed by atoms with Crippen molar-refractivity contribution in [2.75, 3.05) is 0 Å². The van der Waals surface area contributed by atoms with E-state index in [1.165, 1.54) is 12.1 Å². The summed E-state index contributed by atoms with van der Waals surface area (Å²) in [5.41, 5.74) is 1.73. The summed E-state index contributed by atoms with van der Waals surface area (Å²) >= 11 is 3.20. The van der Waals surface area contributed by atoms with E-state index in [4.69, 9.17) is 4.52 Å². The van der Waals surface area contributed by atoms with Crippen molar-refractivity contribution in [3.63, 3.8) is 0 Å². The number of nitrogens with zero attached hydrogens (tertiary/aromatic N) is 3. The molecule has 0 bridgehead atoms. The molecule has 0 aliphatic carbocycles. The van der Waals surface area contributed by atoms with Crippen LogP contribution in [0.25, 0.3) is 21.6 Å². The van der Waals surface area contributed by atoms with Crippen molar-refractivity contribution in [1.29, 1.82) is 0 Å². The van der Waals surface area contributed by atoms with Crippen LogP contribution in [0.15, 0.2) is 57.4 Å². The molecule has 0 aliphatic rings. The second-order valence-electron chi connectivity index (χ2n) is 4.75. The van der Waals surface area contributed by atoms with E-state index in [1.54, 1.807) is 35.2 Å². The van der Waals surface area contributed by atoms with Crippen LogP contribution in [0.1, 0.15) is 5.89 Å². The molecule has 4 rings (SSSR count). The van der Waals surface area contributed by atoms with Gasteiger partial charge in [0.2, 0.25) is 11.7 Å². The Morgan fingerprint density at radius 1 is 1.04 bits per heavy atom. The van der Waals surface area contributed by atoms with Gasteiger partial charge in [0, 0.05) is 5.56 Å². The topological polar surface area (TPSA) is 51.8 Å². The van der Waals surface area contributed by atoms with E-state index in [0.717, 1.165) is 20.1 Å². The number of rotatable bonds is 4. The average molecular weight is 343 g/mol. The summed E-state index contributed by atoms with van der Waals surface area (Å²) < 4.78 is 20.3. The van der Waals surface area contributed by atoms with Crippen molar-refractivity contribution >= 4 is 33.3 Å². The molecule has 0 amide bonds. The first-order valence-corrected chi connectivity index (χ1v) is 8.65. The smallest absolute Gasteiger partial charge is 0.237 e. The van der Waals surface area contributed by atoms with Gasteiger partial charge in [-0.3, -0.25) is 0 Å². The van der Waals surface area contributed by atoms with Gasteiger partial charge in [-0.05, 0) is 36.4 Å². The highest BCUT2D eigenvalue weighted by molar-refractivity contribution is 8.00. The van der Waals surface area contributed by atoms with Crippen molar-refractivity contribution in [2.24, 2.45) is 0 Å². The Morgan fingerprint density at radius 3 is 2.70 bits per heavy atom. The summed E-state index contributed by atoms with van der Waals surface area (Å²) in [5, 5.41) is 3.93. The highest BCUT2D eigenvalue weighted by atomic mass is 32.2. The van der Waals surface area contributed by atoms with Gasteiger partial charge >= 0.3 is 0 Å². The van der Waals surface area contributed by atoms with Crippen molar-refractivity contribution in [1.82, 2.24) is 15.1 Å². The maximum absolute atomic E-state index is 12.9. The average Bonchev–Trinajstić information content (AvgIpc) is 3.20. The number of hydrogen-bond donors (Lipinski definition) is 0. The van der Waals surface area contributed by atoms with Gasteiger partial charge in [0.25, 0.3) is 0 Å². The lowest BCUT2D eigenvalue weighted by atomic mass is 10.2. The summed E-state index contributed by atoms with van der Waals surface area (Å²) in [6.07, 6.45) is 0. The molecule has 0 saturated carbocycles. The molecule has 7 heteroatoms. The number of aromatic nitrogens is 3. The molecular weight excluding hydrogens is 333 g/mol. The maximum Gasteiger partial charge on any atom is 0.237 e. The van der Waals surface area contributed by atoms with Gasteiger partial charge in [0.1, 0.15) is 5.82 Å². The SMILES string of the molecule is Fc1ccc(-c2noc(CSc3nc4ccccc4s3)n2)cc1. The van der Waals surface area contributed by atoms with Crippen LogP contribution in [0.2, 0.25) is 0 Å². The van der Waals surface area contributed by atoms with Crippen LogP contribution in [0.5, 0.6) is 0 Å². The Kier molecular flexibility index (Phi) is 3.80. The molecule has 0 aliphatic heterocycles. The zero-order valence-corrected chi connectivity index (χ0v) is 13.4. The fraction of sp³-hybridized carbons (Fsp3) is 0.0625. The minimum atomic E-state index is -0.288. The van der Waals surface area contributed by atoms with Crippen LogP contribution in [0.4, 0.5) is 4.39 Å². The maximum atomic E-state index is 12.9. The van der Waals surface area contributed by atoms with Crippen LogP contribution in [-0.4, -0.2) is 15.1 Å².